The molecule has 1 heterocycles. The largest absolute Gasteiger partial charge is 0.305 e. The summed E-state index contributed by atoms with van der Waals surface area (Å²) >= 11 is 0. The lowest BCUT2D eigenvalue weighted by molar-refractivity contribution is 0.588. The highest BCUT2D eigenvalue weighted by Crippen LogP contribution is 2.32. The molecule has 1 aliphatic rings. The molecule has 3 rings (SSSR count). The zero-order chi connectivity index (χ0) is 18.2. The fourth-order valence-corrected chi connectivity index (χ4v) is 3.18. The van der Waals surface area contributed by atoms with Crippen LogP contribution in [0.5, 0.6) is 0 Å². The number of hydrazine groups is 1. The molecule has 1 unspecified atom stereocenters. The fraction of sp³-hybridized carbons (Fsp3) is 0.391. The second-order valence-corrected chi connectivity index (χ2v) is 8.97. The van der Waals surface area contributed by atoms with E-state index in [0.717, 1.165) is 0 Å². The van der Waals surface area contributed by atoms with Crippen LogP contribution in [-0.2, 0) is 10.8 Å². The Balaban J connectivity index is 1.84. The van der Waals surface area contributed by atoms with Crippen LogP contribution >= 0.6 is 0 Å². The summed E-state index contributed by atoms with van der Waals surface area (Å²) in [6.07, 6.45) is 4.24. The highest BCUT2D eigenvalue weighted by Gasteiger charge is 2.23. The van der Waals surface area contributed by atoms with E-state index < -0.39 is 0 Å². The number of hydrogen-bond donors (Lipinski definition) is 1. The van der Waals surface area contributed by atoms with E-state index in [1.807, 2.05) is 6.20 Å². The number of nitrogens with one attached hydrogen (secondary N) is 1. The van der Waals surface area contributed by atoms with Crippen LogP contribution in [-0.4, -0.2) is 0 Å². The van der Waals surface area contributed by atoms with Crippen LogP contribution in [0.25, 0.3) is 0 Å². The molecule has 2 aromatic carbocycles. The van der Waals surface area contributed by atoms with Crippen molar-refractivity contribution in [2.45, 2.75) is 58.4 Å². The summed E-state index contributed by atoms with van der Waals surface area (Å²) in [5.41, 5.74) is 8.95. The summed E-state index contributed by atoms with van der Waals surface area (Å²) in [6, 6.07) is 18.1. The van der Waals surface area contributed by atoms with E-state index in [9.17, 15) is 0 Å². The SMILES string of the molecule is CC(C)(C)c1ccc(C2C=CNN2c2ccc(C(C)(C)C)cc2)cc1. The zero-order valence-electron chi connectivity index (χ0n) is 16.3. The molecule has 2 heteroatoms. The molecule has 0 radical (unpaired) electrons. The predicted octanol–water partition coefficient (Wildman–Crippen LogP) is 5.86. The highest BCUT2D eigenvalue weighted by atomic mass is 15.5. The number of nitrogens with zero attached hydrogens (tertiary/aromatic N) is 1. The summed E-state index contributed by atoms with van der Waals surface area (Å²) < 4.78 is 0. The average molecular weight is 335 g/mol. The standard InChI is InChI=1S/C23H30N2/c1-22(2,3)18-9-7-17(8-10-18)21-15-16-24-25(21)20-13-11-19(12-14-20)23(4,5)6/h7-16,21,24H,1-6H3. The first-order chi connectivity index (χ1) is 11.7. The van der Waals surface area contributed by atoms with Gasteiger partial charge in [0.15, 0.2) is 0 Å². The van der Waals surface area contributed by atoms with Crippen LogP contribution < -0.4 is 10.4 Å². The predicted molar refractivity (Wildman–Crippen MR) is 108 cm³/mol. The first kappa shape index (κ1) is 17.6. The third-order valence-electron chi connectivity index (χ3n) is 4.90. The second-order valence-electron chi connectivity index (χ2n) is 8.97. The van der Waals surface area contributed by atoms with Gasteiger partial charge in [0, 0.05) is 6.20 Å². The topological polar surface area (TPSA) is 15.3 Å². The molecule has 0 saturated heterocycles. The quantitative estimate of drug-likeness (QED) is 0.740. The zero-order valence-corrected chi connectivity index (χ0v) is 16.3. The van der Waals surface area contributed by atoms with Crippen molar-refractivity contribution in [1.82, 2.24) is 5.43 Å². The van der Waals surface area contributed by atoms with Crippen molar-refractivity contribution in [3.8, 4) is 0 Å². The first-order valence-electron chi connectivity index (χ1n) is 9.09. The third-order valence-corrected chi connectivity index (χ3v) is 4.90. The van der Waals surface area contributed by atoms with E-state index in [1.165, 1.54) is 22.4 Å². The van der Waals surface area contributed by atoms with Gasteiger partial charge >= 0.3 is 0 Å². The molecule has 0 bridgehead atoms. The average Bonchev–Trinajstić information content (AvgIpc) is 3.03. The van der Waals surface area contributed by atoms with Crippen molar-refractivity contribution in [2.75, 3.05) is 5.01 Å². The van der Waals surface area contributed by atoms with E-state index >= 15 is 0 Å². The third kappa shape index (κ3) is 3.73. The first-order valence-corrected chi connectivity index (χ1v) is 9.09. The minimum atomic E-state index is 0.178. The molecule has 1 aliphatic heterocycles. The Hall–Kier alpha value is -2.22. The van der Waals surface area contributed by atoms with Crippen LogP contribution in [0, 0.1) is 0 Å². The van der Waals surface area contributed by atoms with Crippen molar-refractivity contribution >= 4 is 5.69 Å². The molecular weight excluding hydrogens is 304 g/mol. The molecule has 0 amide bonds. The smallest absolute Gasteiger partial charge is 0.0952 e. The van der Waals surface area contributed by atoms with Gasteiger partial charge in [0.25, 0.3) is 0 Å². The summed E-state index contributed by atoms with van der Waals surface area (Å²) in [7, 11) is 0. The molecule has 2 aromatic rings. The number of anilines is 1. The molecule has 132 valence electrons. The van der Waals surface area contributed by atoms with Gasteiger partial charge in [0.2, 0.25) is 0 Å². The van der Waals surface area contributed by atoms with Crippen LogP contribution in [0.15, 0.2) is 60.8 Å². The van der Waals surface area contributed by atoms with Crippen molar-refractivity contribution in [3.05, 3.63) is 77.5 Å². The highest BCUT2D eigenvalue weighted by molar-refractivity contribution is 5.53. The summed E-state index contributed by atoms with van der Waals surface area (Å²) in [5.74, 6) is 0. The molecule has 0 aromatic heterocycles. The molecule has 0 aliphatic carbocycles. The van der Waals surface area contributed by atoms with Gasteiger partial charge in [-0.3, -0.25) is 5.01 Å². The van der Waals surface area contributed by atoms with Crippen molar-refractivity contribution in [1.29, 1.82) is 0 Å². The van der Waals surface area contributed by atoms with Crippen molar-refractivity contribution < 1.29 is 0 Å². The molecule has 2 nitrogen and oxygen atoms in total. The lowest BCUT2D eigenvalue weighted by atomic mass is 9.86. The minimum Gasteiger partial charge on any atom is -0.305 e. The van der Waals surface area contributed by atoms with Gasteiger partial charge in [-0.05, 0) is 45.7 Å². The Labute approximate surface area is 152 Å². The summed E-state index contributed by atoms with van der Waals surface area (Å²) in [5, 5.41) is 2.22. The number of rotatable bonds is 2. The van der Waals surface area contributed by atoms with Gasteiger partial charge < -0.3 is 5.43 Å². The normalized spacial score (nSPS) is 17.7. The molecule has 0 spiro atoms. The fourth-order valence-electron chi connectivity index (χ4n) is 3.18. The van der Waals surface area contributed by atoms with Gasteiger partial charge in [-0.25, -0.2) is 0 Å². The number of benzene rings is 2. The Kier molecular flexibility index (Phi) is 4.40. The van der Waals surface area contributed by atoms with Gasteiger partial charge in [-0.2, -0.15) is 0 Å². The van der Waals surface area contributed by atoms with Crippen LogP contribution in [0.3, 0.4) is 0 Å². The van der Waals surface area contributed by atoms with Crippen LogP contribution in [0.2, 0.25) is 0 Å². The van der Waals surface area contributed by atoms with Crippen LogP contribution in [0.1, 0.15) is 64.3 Å². The summed E-state index contributed by atoms with van der Waals surface area (Å²) in [4.78, 5) is 0. The van der Waals surface area contributed by atoms with E-state index in [1.54, 1.807) is 0 Å². The Morgan fingerprint density at radius 3 is 1.68 bits per heavy atom. The molecule has 1 N–H and O–H groups in total. The second kappa shape index (κ2) is 6.25. The Bertz CT molecular complexity index is 741. The van der Waals surface area contributed by atoms with Gasteiger partial charge in [0.05, 0.1) is 11.7 Å². The van der Waals surface area contributed by atoms with Crippen molar-refractivity contribution in [2.24, 2.45) is 0 Å². The summed E-state index contributed by atoms with van der Waals surface area (Å²) in [6.45, 7) is 13.5. The minimum absolute atomic E-state index is 0.178. The lowest BCUT2D eigenvalue weighted by Gasteiger charge is -2.28. The van der Waals surface area contributed by atoms with Gasteiger partial charge in [-0.15, -0.1) is 0 Å². The van der Waals surface area contributed by atoms with E-state index in [4.69, 9.17) is 0 Å². The van der Waals surface area contributed by atoms with E-state index in [-0.39, 0.29) is 16.9 Å². The molecule has 1 atom stereocenters. The molecule has 0 saturated carbocycles. The Morgan fingerprint density at radius 1 is 0.720 bits per heavy atom. The Morgan fingerprint density at radius 2 is 1.20 bits per heavy atom. The lowest BCUT2D eigenvalue weighted by Crippen LogP contribution is -2.32. The van der Waals surface area contributed by atoms with E-state index in [2.05, 4.69) is 107 Å². The van der Waals surface area contributed by atoms with Crippen molar-refractivity contribution in [3.63, 3.8) is 0 Å². The molecule has 0 fully saturated rings. The maximum Gasteiger partial charge on any atom is 0.0952 e. The maximum atomic E-state index is 3.38. The monoisotopic (exact) mass is 334 g/mol. The number of hydrogen-bond acceptors (Lipinski definition) is 2. The molecular formula is C23H30N2. The molecule has 25 heavy (non-hydrogen) atoms. The maximum absolute atomic E-state index is 3.38. The van der Waals surface area contributed by atoms with Crippen LogP contribution in [0.4, 0.5) is 5.69 Å². The van der Waals surface area contributed by atoms with Gasteiger partial charge in [-0.1, -0.05) is 77.9 Å². The van der Waals surface area contributed by atoms with E-state index in [0.29, 0.717) is 0 Å². The van der Waals surface area contributed by atoms with Gasteiger partial charge in [0.1, 0.15) is 0 Å².